The number of piperidine rings is 1. The first-order valence-corrected chi connectivity index (χ1v) is 12.7. The molecule has 2 N–H and O–H groups in total. The van der Waals surface area contributed by atoms with Crippen LogP contribution in [0.4, 0.5) is 11.4 Å². The Bertz CT molecular complexity index is 1130. The summed E-state index contributed by atoms with van der Waals surface area (Å²) in [5.74, 6) is 1.23. The second-order valence-corrected chi connectivity index (χ2v) is 10.1. The molecule has 1 aromatic carbocycles. The number of carbonyl (C=O) groups excluding carboxylic acids is 3. The molecule has 0 radical (unpaired) electrons. The van der Waals surface area contributed by atoms with Crippen LogP contribution in [0.25, 0.3) is 0 Å². The summed E-state index contributed by atoms with van der Waals surface area (Å²) in [6.07, 6.45) is 4.93. The van der Waals surface area contributed by atoms with E-state index in [0.29, 0.717) is 31.0 Å². The Balaban J connectivity index is 1.10. The molecule has 0 aliphatic carbocycles. The fourth-order valence-electron chi connectivity index (χ4n) is 5.66. The predicted octanol–water partition coefficient (Wildman–Crippen LogP) is 3.09. The van der Waals surface area contributed by atoms with E-state index in [2.05, 4.69) is 21.6 Å². The molecule has 0 saturated carbocycles. The molecule has 1 saturated heterocycles. The van der Waals surface area contributed by atoms with Gasteiger partial charge in [0.15, 0.2) is 0 Å². The zero-order chi connectivity index (χ0) is 24.5. The summed E-state index contributed by atoms with van der Waals surface area (Å²) in [5.41, 5.74) is 5.03. The molecule has 1 aromatic heterocycles. The molecule has 0 atom stereocenters. The molecule has 2 aromatic rings. The van der Waals surface area contributed by atoms with E-state index in [1.165, 1.54) is 5.56 Å². The van der Waals surface area contributed by atoms with Gasteiger partial charge < -0.3 is 20.0 Å². The summed E-state index contributed by atoms with van der Waals surface area (Å²) in [5, 5.41) is 5.60. The van der Waals surface area contributed by atoms with Gasteiger partial charge in [0.2, 0.25) is 5.91 Å². The molecular formula is C27H34N4O4. The van der Waals surface area contributed by atoms with Gasteiger partial charge in [-0.2, -0.15) is 0 Å². The van der Waals surface area contributed by atoms with Crippen molar-refractivity contribution in [2.24, 2.45) is 5.92 Å². The molecular weight excluding hydrogens is 444 g/mol. The number of likely N-dealkylation sites (tertiary alicyclic amines) is 1. The van der Waals surface area contributed by atoms with E-state index in [1.807, 2.05) is 30.9 Å². The van der Waals surface area contributed by atoms with Gasteiger partial charge in [0.05, 0.1) is 5.69 Å². The van der Waals surface area contributed by atoms with E-state index < -0.39 is 11.8 Å². The minimum absolute atomic E-state index is 0.173. The SMILES string of the molecule is Cc1cc(CN2CCC(CNC(=O)C(=O)Nc3cc4c5c(c3)CCC(=O)N5CCC4)CC2)c(C)o1. The Morgan fingerprint density at radius 1 is 1.00 bits per heavy atom. The number of aryl methyl sites for hydroxylation is 4. The zero-order valence-electron chi connectivity index (χ0n) is 20.6. The van der Waals surface area contributed by atoms with Crippen molar-refractivity contribution in [3.05, 3.63) is 46.4 Å². The lowest BCUT2D eigenvalue weighted by Gasteiger charge is -2.35. The van der Waals surface area contributed by atoms with Crippen molar-refractivity contribution in [1.82, 2.24) is 10.2 Å². The standard InChI is InChI=1S/C27H34N4O4/c1-17-12-22(18(2)35-17)16-30-10-7-19(8-11-30)15-28-26(33)27(34)29-23-13-20-4-3-9-31-24(32)6-5-21(14-23)25(20)31/h12-14,19H,3-11,15-16H2,1-2H3,(H,28,33)(H,29,34). The highest BCUT2D eigenvalue weighted by Gasteiger charge is 2.30. The lowest BCUT2D eigenvalue weighted by Crippen LogP contribution is -2.41. The van der Waals surface area contributed by atoms with Crippen LogP contribution in [-0.4, -0.2) is 48.8 Å². The molecule has 0 bridgehead atoms. The van der Waals surface area contributed by atoms with Crippen molar-refractivity contribution in [3.8, 4) is 0 Å². The Morgan fingerprint density at radius 2 is 1.74 bits per heavy atom. The molecule has 5 rings (SSSR count). The summed E-state index contributed by atoms with van der Waals surface area (Å²) in [4.78, 5) is 41.6. The highest BCUT2D eigenvalue weighted by molar-refractivity contribution is 6.39. The predicted molar refractivity (Wildman–Crippen MR) is 133 cm³/mol. The number of nitrogens with zero attached hydrogens (tertiary/aromatic N) is 2. The first-order chi connectivity index (χ1) is 16.9. The van der Waals surface area contributed by atoms with Crippen LogP contribution < -0.4 is 15.5 Å². The van der Waals surface area contributed by atoms with Crippen LogP contribution in [-0.2, 0) is 33.8 Å². The third-order valence-corrected chi connectivity index (χ3v) is 7.54. The summed E-state index contributed by atoms with van der Waals surface area (Å²) >= 11 is 0. The van der Waals surface area contributed by atoms with Crippen molar-refractivity contribution in [3.63, 3.8) is 0 Å². The van der Waals surface area contributed by atoms with Crippen LogP contribution in [0, 0.1) is 19.8 Å². The zero-order valence-corrected chi connectivity index (χ0v) is 20.6. The molecule has 35 heavy (non-hydrogen) atoms. The number of amides is 3. The van der Waals surface area contributed by atoms with Gasteiger partial charge in [0, 0.05) is 37.3 Å². The maximum Gasteiger partial charge on any atom is 0.313 e. The molecule has 8 nitrogen and oxygen atoms in total. The van der Waals surface area contributed by atoms with Crippen LogP contribution in [0.5, 0.6) is 0 Å². The Labute approximate surface area is 206 Å². The summed E-state index contributed by atoms with van der Waals surface area (Å²) in [6.45, 7) is 8.07. The minimum Gasteiger partial charge on any atom is -0.466 e. The third kappa shape index (κ3) is 5.12. The number of furan rings is 1. The lowest BCUT2D eigenvalue weighted by molar-refractivity contribution is -0.136. The Kier molecular flexibility index (Phi) is 6.65. The number of hydrogen-bond acceptors (Lipinski definition) is 5. The third-order valence-electron chi connectivity index (χ3n) is 7.54. The second-order valence-electron chi connectivity index (χ2n) is 10.1. The van der Waals surface area contributed by atoms with Gasteiger partial charge >= 0.3 is 11.8 Å². The molecule has 3 aliphatic heterocycles. The van der Waals surface area contributed by atoms with Gasteiger partial charge in [0.25, 0.3) is 0 Å². The fourth-order valence-corrected chi connectivity index (χ4v) is 5.66. The lowest BCUT2D eigenvalue weighted by atomic mass is 9.91. The van der Waals surface area contributed by atoms with Crippen molar-refractivity contribution in [2.45, 2.75) is 58.9 Å². The average Bonchev–Trinajstić information content (AvgIpc) is 3.16. The van der Waals surface area contributed by atoms with Gasteiger partial charge in [-0.25, -0.2) is 0 Å². The van der Waals surface area contributed by atoms with Crippen LogP contribution in [0.2, 0.25) is 0 Å². The van der Waals surface area contributed by atoms with Crippen molar-refractivity contribution in [2.75, 3.05) is 36.4 Å². The molecule has 4 heterocycles. The Morgan fingerprint density at radius 3 is 2.46 bits per heavy atom. The average molecular weight is 479 g/mol. The number of hydrogen-bond donors (Lipinski definition) is 2. The first kappa shape index (κ1) is 23.6. The molecule has 0 spiro atoms. The fraction of sp³-hybridized carbons (Fsp3) is 0.519. The van der Waals surface area contributed by atoms with E-state index in [4.69, 9.17) is 4.42 Å². The quantitative estimate of drug-likeness (QED) is 0.644. The van der Waals surface area contributed by atoms with Gasteiger partial charge in [-0.05, 0) is 94.3 Å². The van der Waals surface area contributed by atoms with Crippen LogP contribution in [0.15, 0.2) is 22.6 Å². The molecule has 8 heteroatoms. The second kappa shape index (κ2) is 9.85. The number of anilines is 2. The van der Waals surface area contributed by atoms with Gasteiger partial charge in [-0.15, -0.1) is 0 Å². The van der Waals surface area contributed by atoms with Crippen LogP contribution in [0.3, 0.4) is 0 Å². The summed E-state index contributed by atoms with van der Waals surface area (Å²) < 4.78 is 5.63. The summed E-state index contributed by atoms with van der Waals surface area (Å²) in [7, 11) is 0. The largest absolute Gasteiger partial charge is 0.466 e. The van der Waals surface area contributed by atoms with E-state index >= 15 is 0 Å². The highest BCUT2D eigenvalue weighted by atomic mass is 16.3. The van der Waals surface area contributed by atoms with E-state index in [1.54, 1.807) is 0 Å². The first-order valence-electron chi connectivity index (χ1n) is 12.7. The Hall–Kier alpha value is -3.13. The van der Waals surface area contributed by atoms with Crippen molar-refractivity contribution >= 4 is 29.1 Å². The van der Waals surface area contributed by atoms with Gasteiger partial charge in [-0.3, -0.25) is 19.3 Å². The topological polar surface area (TPSA) is 94.9 Å². The van der Waals surface area contributed by atoms with Crippen LogP contribution in [0.1, 0.15) is 53.9 Å². The number of rotatable bonds is 5. The van der Waals surface area contributed by atoms with Gasteiger partial charge in [-0.1, -0.05) is 0 Å². The van der Waals surface area contributed by atoms with E-state index in [0.717, 1.165) is 80.2 Å². The van der Waals surface area contributed by atoms with Crippen LogP contribution >= 0.6 is 0 Å². The monoisotopic (exact) mass is 478 g/mol. The minimum atomic E-state index is -0.639. The van der Waals surface area contributed by atoms with Gasteiger partial charge in [0.1, 0.15) is 11.5 Å². The molecule has 186 valence electrons. The number of carbonyl (C=O) groups is 3. The molecule has 3 amide bonds. The molecule has 1 fully saturated rings. The smallest absolute Gasteiger partial charge is 0.313 e. The maximum atomic E-state index is 12.6. The van der Waals surface area contributed by atoms with E-state index in [-0.39, 0.29) is 5.91 Å². The van der Waals surface area contributed by atoms with E-state index in [9.17, 15) is 14.4 Å². The molecule has 3 aliphatic rings. The number of benzene rings is 1. The number of nitrogens with one attached hydrogen (secondary N) is 2. The van der Waals surface area contributed by atoms with Crippen molar-refractivity contribution < 1.29 is 18.8 Å². The normalized spacial score (nSPS) is 18.3. The maximum absolute atomic E-state index is 12.6. The van der Waals surface area contributed by atoms with Crippen molar-refractivity contribution in [1.29, 1.82) is 0 Å². The highest BCUT2D eigenvalue weighted by Crippen LogP contribution is 2.37. The summed E-state index contributed by atoms with van der Waals surface area (Å²) in [6, 6.07) is 5.93. The molecule has 0 unspecified atom stereocenters.